The molecule has 1 saturated heterocycles. The van der Waals surface area contributed by atoms with E-state index in [0.717, 1.165) is 5.56 Å². The maximum Gasteiger partial charge on any atom is 0.335 e. The Bertz CT molecular complexity index is 1560. The number of amidine groups is 1. The van der Waals surface area contributed by atoms with Crippen LogP contribution in [0.3, 0.4) is 0 Å². The lowest BCUT2D eigenvalue weighted by Crippen LogP contribution is -2.28. The zero-order valence-electron chi connectivity index (χ0n) is 20.1. The SMILES string of the molecule is COc1ccc(N=C2S/C(=C\c3ccc(-c4cccc(F)c4)o3)C(=O)N2Cc2ccc(C(=O)O)cc2)cc1. The van der Waals surface area contributed by atoms with Crippen molar-refractivity contribution >= 4 is 40.6 Å². The molecule has 1 aliphatic heterocycles. The molecule has 1 fully saturated rings. The van der Waals surface area contributed by atoms with Crippen LogP contribution in [-0.4, -0.2) is 34.2 Å². The number of thioether (sulfide) groups is 1. The van der Waals surface area contributed by atoms with Gasteiger partial charge in [0.05, 0.1) is 29.8 Å². The number of carbonyl (C=O) groups is 2. The average Bonchev–Trinajstić information content (AvgIpc) is 3.50. The van der Waals surface area contributed by atoms with Crippen LogP contribution in [0.5, 0.6) is 5.75 Å². The zero-order valence-corrected chi connectivity index (χ0v) is 20.9. The maximum absolute atomic E-state index is 13.6. The number of carboxylic acids is 1. The Kier molecular flexibility index (Phi) is 7.10. The first-order chi connectivity index (χ1) is 18.4. The molecule has 2 heterocycles. The number of nitrogens with zero attached hydrogens (tertiary/aromatic N) is 2. The van der Waals surface area contributed by atoms with Crippen molar-refractivity contribution in [1.82, 2.24) is 4.90 Å². The Morgan fingerprint density at radius 2 is 1.84 bits per heavy atom. The molecule has 0 saturated carbocycles. The molecule has 5 rings (SSSR count). The maximum atomic E-state index is 13.6. The summed E-state index contributed by atoms with van der Waals surface area (Å²) in [4.78, 5) is 31.3. The van der Waals surface area contributed by atoms with Gasteiger partial charge in [-0.05, 0) is 78.0 Å². The molecular weight excluding hydrogens is 507 g/mol. The second-order valence-corrected chi connectivity index (χ2v) is 9.32. The molecule has 1 amide bonds. The van der Waals surface area contributed by atoms with E-state index in [1.165, 1.54) is 40.9 Å². The molecule has 0 radical (unpaired) electrons. The molecule has 0 spiro atoms. The fourth-order valence-electron chi connectivity index (χ4n) is 3.79. The van der Waals surface area contributed by atoms with E-state index in [2.05, 4.69) is 4.99 Å². The Balaban J connectivity index is 1.46. The number of furan rings is 1. The third-order valence-corrected chi connectivity index (χ3v) is 6.74. The second-order valence-electron chi connectivity index (χ2n) is 8.31. The largest absolute Gasteiger partial charge is 0.497 e. The minimum atomic E-state index is -1.02. The zero-order chi connectivity index (χ0) is 26.6. The minimum Gasteiger partial charge on any atom is -0.497 e. The van der Waals surface area contributed by atoms with Crippen molar-refractivity contribution in [1.29, 1.82) is 0 Å². The Morgan fingerprint density at radius 1 is 1.08 bits per heavy atom. The van der Waals surface area contributed by atoms with E-state index in [1.54, 1.807) is 73.8 Å². The number of hydrogen-bond donors (Lipinski definition) is 1. The molecule has 4 aromatic rings. The fourth-order valence-corrected chi connectivity index (χ4v) is 4.77. The predicted molar refractivity (Wildman–Crippen MR) is 144 cm³/mol. The number of ether oxygens (including phenoxy) is 1. The summed E-state index contributed by atoms with van der Waals surface area (Å²) < 4.78 is 24.7. The first kappa shape index (κ1) is 25.0. The van der Waals surface area contributed by atoms with Gasteiger partial charge in [0.2, 0.25) is 0 Å². The fraction of sp³-hybridized carbons (Fsp3) is 0.0690. The van der Waals surface area contributed by atoms with Gasteiger partial charge in [0.1, 0.15) is 23.1 Å². The van der Waals surface area contributed by atoms with Crippen molar-refractivity contribution in [3.63, 3.8) is 0 Å². The highest BCUT2D eigenvalue weighted by atomic mass is 32.2. The van der Waals surface area contributed by atoms with Gasteiger partial charge < -0.3 is 14.3 Å². The van der Waals surface area contributed by atoms with E-state index in [-0.39, 0.29) is 23.8 Å². The Hall–Kier alpha value is -4.63. The summed E-state index contributed by atoms with van der Waals surface area (Å²) in [7, 11) is 1.58. The van der Waals surface area contributed by atoms with Gasteiger partial charge in [-0.3, -0.25) is 9.69 Å². The van der Waals surface area contributed by atoms with Crippen LogP contribution in [0.4, 0.5) is 10.1 Å². The van der Waals surface area contributed by atoms with Gasteiger partial charge in [0.15, 0.2) is 5.17 Å². The average molecular weight is 529 g/mol. The summed E-state index contributed by atoms with van der Waals surface area (Å²) in [5, 5.41) is 9.64. The molecule has 3 aromatic carbocycles. The summed E-state index contributed by atoms with van der Waals surface area (Å²) in [5.74, 6) is -0.0507. The molecule has 0 atom stereocenters. The Labute approximate surface area is 221 Å². The first-order valence-corrected chi connectivity index (χ1v) is 12.3. The van der Waals surface area contributed by atoms with Gasteiger partial charge in [0.25, 0.3) is 5.91 Å². The summed E-state index contributed by atoms with van der Waals surface area (Å²) in [6, 6.07) is 23.0. The standard InChI is InChI=1S/C29H21FN2O5S/c1-36-23-11-9-22(10-12-23)31-29-32(17-18-5-7-19(8-6-18)28(34)35)27(33)26(38-29)16-24-13-14-25(37-24)20-3-2-4-21(30)15-20/h2-16H,17H2,1H3,(H,34,35)/b26-16-,31-29?. The van der Waals surface area contributed by atoms with Gasteiger partial charge in [0, 0.05) is 11.6 Å². The lowest BCUT2D eigenvalue weighted by molar-refractivity contribution is -0.122. The van der Waals surface area contributed by atoms with E-state index in [4.69, 9.17) is 9.15 Å². The summed E-state index contributed by atoms with van der Waals surface area (Å²) in [6.45, 7) is 0.199. The van der Waals surface area contributed by atoms with Crippen molar-refractivity contribution in [2.75, 3.05) is 7.11 Å². The third-order valence-electron chi connectivity index (χ3n) is 5.74. The number of carbonyl (C=O) groups excluding carboxylic acids is 1. The molecule has 1 N–H and O–H groups in total. The molecule has 0 unspecified atom stereocenters. The van der Waals surface area contributed by atoms with Crippen LogP contribution in [-0.2, 0) is 11.3 Å². The van der Waals surface area contributed by atoms with Crippen LogP contribution >= 0.6 is 11.8 Å². The lowest BCUT2D eigenvalue weighted by Gasteiger charge is -2.16. The van der Waals surface area contributed by atoms with Gasteiger partial charge in [-0.2, -0.15) is 0 Å². The van der Waals surface area contributed by atoms with E-state index >= 15 is 0 Å². The number of amides is 1. The van der Waals surface area contributed by atoms with Gasteiger partial charge in [-0.15, -0.1) is 0 Å². The van der Waals surface area contributed by atoms with Crippen LogP contribution in [0.2, 0.25) is 0 Å². The number of rotatable bonds is 7. The highest BCUT2D eigenvalue weighted by molar-refractivity contribution is 8.18. The highest BCUT2D eigenvalue weighted by Gasteiger charge is 2.34. The topological polar surface area (TPSA) is 92.3 Å². The summed E-state index contributed by atoms with van der Waals surface area (Å²) in [6.07, 6.45) is 1.63. The van der Waals surface area contributed by atoms with Crippen LogP contribution in [0.15, 0.2) is 99.2 Å². The van der Waals surface area contributed by atoms with E-state index < -0.39 is 5.97 Å². The normalized spacial score (nSPS) is 15.4. The number of halogens is 1. The molecule has 9 heteroatoms. The van der Waals surface area contributed by atoms with Crippen molar-refractivity contribution < 1.29 is 28.2 Å². The number of aliphatic imine (C=N–C) groups is 1. The van der Waals surface area contributed by atoms with Crippen molar-refractivity contribution in [2.24, 2.45) is 4.99 Å². The number of aromatic carboxylic acids is 1. The lowest BCUT2D eigenvalue weighted by atomic mass is 10.1. The molecular formula is C29H21FN2O5S. The molecule has 1 aliphatic rings. The van der Waals surface area contributed by atoms with Gasteiger partial charge in [-0.25, -0.2) is 14.2 Å². The van der Waals surface area contributed by atoms with Crippen LogP contribution in [0.1, 0.15) is 21.7 Å². The molecule has 0 aliphatic carbocycles. The number of methoxy groups -OCH3 is 1. The Morgan fingerprint density at radius 3 is 2.53 bits per heavy atom. The van der Waals surface area contributed by atoms with Gasteiger partial charge in [-0.1, -0.05) is 24.3 Å². The number of carboxylic acid groups (broad SMARTS) is 1. The van der Waals surface area contributed by atoms with Gasteiger partial charge >= 0.3 is 5.97 Å². The van der Waals surface area contributed by atoms with Crippen molar-refractivity contribution in [3.05, 3.63) is 113 Å². The van der Waals surface area contributed by atoms with Crippen LogP contribution in [0, 0.1) is 5.82 Å². The van der Waals surface area contributed by atoms with E-state index in [0.29, 0.717) is 38.6 Å². The summed E-state index contributed by atoms with van der Waals surface area (Å²) >= 11 is 1.20. The van der Waals surface area contributed by atoms with Crippen LogP contribution in [0.25, 0.3) is 17.4 Å². The first-order valence-electron chi connectivity index (χ1n) is 11.5. The molecule has 7 nitrogen and oxygen atoms in total. The van der Waals surface area contributed by atoms with Crippen molar-refractivity contribution in [2.45, 2.75) is 6.54 Å². The number of benzene rings is 3. The molecule has 1 aromatic heterocycles. The quantitative estimate of drug-likeness (QED) is 0.272. The van der Waals surface area contributed by atoms with Crippen LogP contribution < -0.4 is 4.74 Å². The predicted octanol–water partition coefficient (Wildman–Crippen LogP) is 6.60. The smallest absolute Gasteiger partial charge is 0.335 e. The van der Waals surface area contributed by atoms with E-state index in [1.807, 2.05) is 0 Å². The van der Waals surface area contributed by atoms with Crippen molar-refractivity contribution in [3.8, 4) is 17.1 Å². The third kappa shape index (κ3) is 5.52. The number of hydrogen-bond acceptors (Lipinski definition) is 6. The van der Waals surface area contributed by atoms with E-state index in [9.17, 15) is 19.1 Å². The monoisotopic (exact) mass is 528 g/mol. The molecule has 190 valence electrons. The molecule has 0 bridgehead atoms. The second kappa shape index (κ2) is 10.8. The molecule has 38 heavy (non-hydrogen) atoms. The summed E-state index contributed by atoms with van der Waals surface area (Å²) in [5.41, 5.74) is 2.14. The highest BCUT2D eigenvalue weighted by Crippen LogP contribution is 2.36. The minimum absolute atomic E-state index is 0.163.